The van der Waals surface area contributed by atoms with Crippen molar-refractivity contribution in [1.29, 1.82) is 0 Å². The molecule has 3 aromatic rings. The van der Waals surface area contributed by atoms with Crippen LogP contribution in [0.15, 0.2) is 36.5 Å². The van der Waals surface area contributed by atoms with E-state index in [-0.39, 0.29) is 5.69 Å². The van der Waals surface area contributed by atoms with Gasteiger partial charge < -0.3 is 5.73 Å². The fourth-order valence-corrected chi connectivity index (χ4v) is 2.33. The van der Waals surface area contributed by atoms with Gasteiger partial charge in [0, 0.05) is 23.4 Å². The number of hydrogen-bond acceptors (Lipinski definition) is 4. The zero-order chi connectivity index (χ0) is 15.1. The Morgan fingerprint density at radius 3 is 2.71 bits per heavy atom. The lowest BCUT2D eigenvalue weighted by Crippen LogP contribution is -1.95. The standard InChI is InChI=1S/C15H14N4O2/c1-9-5-6-18-13(7-9)17-14(15(18)16)11-4-3-10(2)12(8-11)19(20)21/h3-8H,16H2,1-2H3. The Balaban J connectivity index is 2.23. The largest absolute Gasteiger partial charge is 0.383 e. The highest BCUT2D eigenvalue weighted by atomic mass is 16.6. The predicted octanol–water partition coefficient (Wildman–Crippen LogP) is 3.11. The summed E-state index contributed by atoms with van der Waals surface area (Å²) in [5, 5.41) is 11.1. The van der Waals surface area contributed by atoms with Gasteiger partial charge >= 0.3 is 0 Å². The van der Waals surface area contributed by atoms with E-state index in [4.69, 9.17) is 5.73 Å². The van der Waals surface area contributed by atoms with Gasteiger partial charge in [-0.3, -0.25) is 14.5 Å². The van der Waals surface area contributed by atoms with E-state index < -0.39 is 4.92 Å². The predicted molar refractivity (Wildman–Crippen MR) is 81.2 cm³/mol. The number of anilines is 1. The van der Waals surface area contributed by atoms with E-state index in [1.807, 2.05) is 25.3 Å². The van der Waals surface area contributed by atoms with E-state index in [1.165, 1.54) is 6.07 Å². The van der Waals surface area contributed by atoms with Gasteiger partial charge in [0.2, 0.25) is 0 Å². The minimum absolute atomic E-state index is 0.0696. The van der Waals surface area contributed by atoms with Gasteiger partial charge in [0.1, 0.15) is 17.2 Å². The number of aryl methyl sites for hydroxylation is 2. The summed E-state index contributed by atoms with van der Waals surface area (Å²) in [6, 6.07) is 8.88. The summed E-state index contributed by atoms with van der Waals surface area (Å²) in [5.41, 5.74) is 9.81. The number of aromatic nitrogens is 2. The lowest BCUT2D eigenvalue weighted by atomic mass is 10.1. The maximum atomic E-state index is 11.1. The van der Waals surface area contributed by atoms with E-state index in [0.29, 0.717) is 22.6 Å². The molecule has 0 spiro atoms. The molecule has 6 nitrogen and oxygen atoms in total. The highest BCUT2D eigenvalue weighted by Gasteiger charge is 2.16. The van der Waals surface area contributed by atoms with E-state index >= 15 is 0 Å². The van der Waals surface area contributed by atoms with Crippen LogP contribution in [0.25, 0.3) is 16.9 Å². The summed E-state index contributed by atoms with van der Waals surface area (Å²) in [7, 11) is 0. The molecule has 0 aliphatic carbocycles. The van der Waals surface area contributed by atoms with Gasteiger partial charge in [-0.15, -0.1) is 0 Å². The molecule has 21 heavy (non-hydrogen) atoms. The van der Waals surface area contributed by atoms with Gasteiger partial charge in [0.15, 0.2) is 0 Å². The molecule has 0 amide bonds. The smallest absolute Gasteiger partial charge is 0.272 e. The third-order valence-corrected chi connectivity index (χ3v) is 3.50. The first-order chi connectivity index (χ1) is 9.97. The lowest BCUT2D eigenvalue weighted by molar-refractivity contribution is -0.385. The van der Waals surface area contributed by atoms with Crippen molar-refractivity contribution in [2.24, 2.45) is 0 Å². The summed E-state index contributed by atoms with van der Waals surface area (Å²) in [5.74, 6) is 0.475. The molecule has 106 valence electrons. The Hall–Kier alpha value is -2.89. The van der Waals surface area contributed by atoms with Crippen LogP contribution in [-0.4, -0.2) is 14.3 Å². The van der Waals surface area contributed by atoms with Gasteiger partial charge in [-0.25, -0.2) is 4.98 Å². The number of rotatable bonds is 2. The second kappa shape index (κ2) is 4.59. The molecule has 3 rings (SSSR count). The molecule has 0 aliphatic heterocycles. The van der Waals surface area contributed by atoms with Crippen molar-refractivity contribution in [1.82, 2.24) is 9.38 Å². The molecule has 2 N–H and O–H groups in total. The molecule has 6 heteroatoms. The highest BCUT2D eigenvalue weighted by Crippen LogP contribution is 2.30. The fourth-order valence-electron chi connectivity index (χ4n) is 2.33. The molecule has 2 heterocycles. The molecule has 0 saturated heterocycles. The summed E-state index contributed by atoms with van der Waals surface area (Å²) in [6.07, 6.45) is 1.85. The van der Waals surface area contributed by atoms with Crippen LogP contribution in [-0.2, 0) is 0 Å². The number of fused-ring (bicyclic) bond motifs is 1. The number of pyridine rings is 1. The van der Waals surface area contributed by atoms with E-state index in [1.54, 1.807) is 23.5 Å². The van der Waals surface area contributed by atoms with Crippen molar-refractivity contribution in [3.8, 4) is 11.3 Å². The molecule has 0 saturated carbocycles. The molecule has 0 radical (unpaired) electrons. The lowest BCUT2D eigenvalue weighted by Gasteiger charge is -2.02. The first-order valence-corrected chi connectivity index (χ1v) is 6.47. The number of hydrogen-bond donors (Lipinski definition) is 1. The zero-order valence-corrected chi connectivity index (χ0v) is 11.7. The number of nitro benzene ring substituents is 1. The minimum atomic E-state index is -0.394. The molecule has 0 unspecified atom stereocenters. The van der Waals surface area contributed by atoms with E-state index in [9.17, 15) is 10.1 Å². The van der Waals surface area contributed by atoms with Gasteiger partial charge in [-0.2, -0.15) is 0 Å². The molecule has 0 bridgehead atoms. The first-order valence-electron chi connectivity index (χ1n) is 6.47. The van der Waals surface area contributed by atoms with Gasteiger partial charge in [0.05, 0.1) is 4.92 Å². The molecular weight excluding hydrogens is 268 g/mol. The molecule has 0 aliphatic rings. The maximum Gasteiger partial charge on any atom is 0.272 e. The molecule has 2 aromatic heterocycles. The Morgan fingerprint density at radius 2 is 2.00 bits per heavy atom. The molecule has 0 fully saturated rings. The number of nitrogen functional groups attached to an aromatic ring is 1. The second-order valence-electron chi connectivity index (χ2n) is 5.04. The third kappa shape index (κ3) is 2.10. The minimum Gasteiger partial charge on any atom is -0.383 e. The summed E-state index contributed by atoms with van der Waals surface area (Å²) >= 11 is 0. The zero-order valence-electron chi connectivity index (χ0n) is 11.7. The number of nitro groups is 1. The van der Waals surface area contributed by atoms with Crippen LogP contribution < -0.4 is 5.73 Å². The SMILES string of the molecule is Cc1ccn2c(N)c(-c3ccc(C)c([N+](=O)[O-])c3)nc2c1. The van der Waals surface area contributed by atoms with Crippen molar-refractivity contribution in [2.75, 3.05) is 5.73 Å². The molecule has 0 atom stereocenters. The number of benzene rings is 1. The summed E-state index contributed by atoms with van der Waals surface area (Å²) in [4.78, 5) is 15.2. The number of nitrogens with zero attached hydrogens (tertiary/aromatic N) is 3. The summed E-state index contributed by atoms with van der Waals surface area (Å²) < 4.78 is 1.77. The van der Waals surface area contributed by atoms with Crippen molar-refractivity contribution in [3.63, 3.8) is 0 Å². The average molecular weight is 282 g/mol. The Morgan fingerprint density at radius 1 is 1.24 bits per heavy atom. The average Bonchev–Trinajstić information content (AvgIpc) is 2.75. The molecule has 1 aromatic carbocycles. The van der Waals surface area contributed by atoms with Crippen molar-refractivity contribution in [2.45, 2.75) is 13.8 Å². The van der Waals surface area contributed by atoms with Crippen LogP contribution in [0.2, 0.25) is 0 Å². The van der Waals surface area contributed by atoms with Crippen molar-refractivity contribution >= 4 is 17.2 Å². The topological polar surface area (TPSA) is 86.5 Å². The van der Waals surface area contributed by atoms with Crippen molar-refractivity contribution < 1.29 is 4.92 Å². The number of imidazole rings is 1. The van der Waals surface area contributed by atoms with Crippen LogP contribution in [0, 0.1) is 24.0 Å². The van der Waals surface area contributed by atoms with E-state index in [2.05, 4.69) is 4.98 Å². The summed E-state index contributed by atoms with van der Waals surface area (Å²) in [6.45, 7) is 3.68. The van der Waals surface area contributed by atoms with Crippen LogP contribution in [0.1, 0.15) is 11.1 Å². The third-order valence-electron chi connectivity index (χ3n) is 3.50. The van der Waals surface area contributed by atoms with Crippen LogP contribution in [0.4, 0.5) is 11.5 Å². The van der Waals surface area contributed by atoms with Crippen LogP contribution >= 0.6 is 0 Å². The van der Waals surface area contributed by atoms with Crippen molar-refractivity contribution in [3.05, 3.63) is 57.8 Å². The monoisotopic (exact) mass is 282 g/mol. The maximum absolute atomic E-state index is 11.1. The fraction of sp³-hybridized carbons (Fsp3) is 0.133. The molecular formula is C15H14N4O2. The normalized spacial score (nSPS) is 11.0. The number of nitrogens with two attached hydrogens (primary N) is 1. The Labute approximate surface area is 121 Å². The Kier molecular flexibility index (Phi) is 2.86. The van der Waals surface area contributed by atoms with Gasteiger partial charge in [-0.05, 0) is 31.5 Å². The van der Waals surface area contributed by atoms with E-state index in [0.717, 1.165) is 11.2 Å². The van der Waals surface area contributed by atoms with Crippen LogP contribution in [0.3, 0.4) is 0 Å². The van der Waals surface area contributed by atoms with Gasteiger partial charge in [0.25, 0.3) is 5.69 Å². The second-order valence-corrected chi connectivity index (χ2v) is 5.04. The van der Waals surface area contributed by atoms with Gasteiger partial charge in [-0.1, -0.05) is 12.1 Å². The Bertz CT molecular complexity index is 867. The van der Waals surface area contributed by atoms with Crippen LogP contribution in [0.5, 0.6) is 0 Å². The highest BCUT2D eigenvalue weighted by molar-refractivity contribution is 5.76. The first kappa shape index (κ1) is 13.1. The quantitative estimate of drug-likeness (QED) is 0.578.